The number of hydrogen-bond donors (Lipinski definition) is 2. The zero-order chi connectivity index (χ0) is 14.8. The molecule has 1 aromatic carbocycles. The summed E-state index contributed by atoms with van der Waals surface area (Å²) in [6.45, 7) is 1.59. The van der Waals surface area contributed by atoms with Gasteiger partial charge in [-0.25, -0.2) is 14.0 Å². The first kappa shape index (κ1) is 15.7. The molecule has 7 heteroatoms. The van der Waals surface area contributed by atoms with Crippen LogP contribution in [0.25, 0.3) is 0 Å². The monoisotopic (exact) mass is 382 g/mol. The Kier molecular flexibility index (Phi) is 4.72. The second-order valence-electron chi connectivity index (χ2n) is 4.22. The van der Waals surface area contributed by atoms with E-state index in [-0.39, 0.29) is 11.3 Å². The zero-order valence-corrected chi connectivity index (χ0v) is 12.4. The maximum Gasteiger partial charge on any atom is 0.344 e. The Morgan fingerprint density at radius 1 is 1.47 bits per heavy atom. The zero-order valence-electron chi connectivity index (χ0n) is 10.2. The number of aromatic hydroxyl groups is 1. The van der Waals surface area contributed by atoms with Crippen LogP contribution in [0.2, 0.25) is 0 Å². The van der Waals surface area contributed by atoms with Crippen LogP contribution in [0.5, 0.6) is 5.75 Å². The number of ether oxygens (including phenoxy) is 1. The molecule has 0 fully saturated rings. The van der Waals surface area contributed by atoms with Crippen molar-refractivity contribution in [1.82, 2.24) is 0 Å². The highest BCUT2D eigenvalue weighted by molar-refractivity contribution is 14.1. The number of aliphatic carboxylic acids is 1. The lowest BCUT2D eigenvalue weighted by Crippen LogP contribution is -2.36. The van der Waals surface area contributed by atoms with Crippen LogP contribution in [0.1, 0.15) is 22.8 Å². The second-order valence-corrected chi connectivity index (χ2v) is 5.38. The van der Waals surface area contributed by atoms with Crippen molar-refractivity contribution in [2.24, 2.45) is 0 Å². The van der Waals surface area contributed by atoms with Crippen molar-refractivity contribution in [1.29, 1.82) is 0 Å². The number of carboxylic acids is 1. The standard InChI is InChI=1S/C12H12FIO5/c1-6-3-7(9(15)8(14)4-6)10(16)19-5-12(2,13)11(17)18/h3-4,15H,5H2,1-2H3,(H,17,18). The van der Waals surface area contributed by atoms with E-state index in [0.29, 0.717) is 3.57 Å². The summed E-state index contributed by atoms with van der Waals surface area (Å²) >= 11 is 1.84. The van der Waals surface area contributed by atoms with Gasteiger partial charge in [-0.15, -0.1) is 0 Å². The van der Waals surface area contributed by atoms with Crippen molar-refractivity contribution < 1.29 is 28.9 Å². The molecule has 0 radical (unpaired) electrons. The minimum atomic E-state index is -2.66. The molecular weight excluding hydrogens is 370 g/mol. The van der Waals surface area contributed by atoms with E-state index in [9.17, 15) is 19.1 Å². The maximum absolute atomic E-state index is 13.4. The van der Waals surface area contributed by atoms with Gasteiger partial charge in [0.2, 0.25) is 5.67 Å². The van der Waals surface area contributed by atoms with Gasteiger partial charge in [0.15, 0.2) is 0 Å². The van der Waals surface area contributed by atoms with Crippen LogP contribution >= 0.6 is 22.6 Å². The molecule has 0 heterocycles. The number of carbonyl (C=O) groups is 2. The Bertz CT molecular complexity index is 527. The highest BCUT2D eigenvalue weighted by Gasteiger charge is 2.35. The second kappa shape index (κ2) is 5.72. The Morgan fingerprint density at radius 3 is 2.58 bits per heavy atom. The lowest BCUT2D eigenvalue weighted by atomic mass is 10.1. The molecule has 0 bridgehead atoms. The molecule has 2 N–H and O–H groups in total. The van der Waals surface area contributed by atoms with Gasteiger partial charge in [-0.2, -0.15) is 0 Å². The average molecular weight is 382 g/mol. The first-order chi connectivity index (χ1) is 8.65. The normalized spacial score (nSPS) is 13.7. The molecule has 19 heavy (non-hydrogen) atoms. The van der Waals surface area contributed by atoms with E-state index < -0.39 is 24.2 Å². The predicted octanol–water partition coefficient (Wildman–Crippen LogP) is 2.27. The number of alkyl halides is 1. The fourth-order valence-corrected chi connectivity index (χ4v) is 2.01. The third-order valence-corrected chi connectivity index (χ3v) is 3.17. The third kappa shape index (κ3) is 3.79. The molecular formula is C12H12FIO5. The van der Waals surface area contributed by atoms with E-state index in [1.165, 1.54) is 6.07 Å². The summed E-state index contributed by atoms with van der Waals surface area (Å²) in [5.74, 6) is -2.96. The van der Waals surface area contributed by atoms with Crippen LogP contribution in [0.3, 0.4) is 0 Å². The largest absolute Gasteiger partial charge is 0.506 e. The first-order valence-electron chi connectivity index (χ1n) is 5.23. The number of aryl methyl sites for hydroxylation is 1. The van der Waals surface area contributed by atoms with Gasteiger partial charge in [0.05, 0.1) is 3.57 Å². The highest BCUT2D eigenvalue weighted by Crippen LogP contribution is 2.27. The molecule has 1 unspecified atom stereocenters. The van der Waals surface area contributed by atoms with Gasteiger partial charge in [-0.1, -0.05) is 0 Å². The molecule has 0 spiro atoms. The van der Waals surface area contributed by atoms with Gasteiger partial charge < -0.3 is 14.9 Å². The molecule has 5 nitrogen and oxygen atoms in total. The van der Waals surface area contributed by atoms with Crippen molar-refractivity contribution in [3.05, 3.63) is 26.8 Å². The molecule has 0 aliphatic rings. The van der Waals surface area contributed by atoms with Crippen molar-refractivity contribution in [3.8, 4) is 5.75 Å². The van der Waals surface area contributed by atoms with E-state index in [4.69, 9.17) is 5.11 Å². The smallest absolute Gasteiger partial charge is 0.344 e. The van der Waals surface area contributed by atoms with Crippen molar-refractivity contribution in [2.45, 2.75) is 19.5 Å². The van der Waals surface area contributed by atoms with E-state index in [1.54, 1.807) is 13.0 Å². The minimum Gasteiger partial charge on any atom is -0.506 e. The maximum atomic E-state index is 13.4. The molecule has 0 aliphatic heterocycles. The lowest BCUT2D eigenvalue weighted by molar-refractivity contribution is -0.152. The summed E-state index contributed by atoms with van der Waals surface area (Å²) in [5.41, 5.74) is -2.07. The Morgan fingerprint density at radius 2 is 2.05 bits per heavy atom. The van der Waals surface area contributed by atoms with Gasteiger partial charge >= 0.3 is 11.9 Å². The molecule has 1 atom stereocenters. The summed E-state index contributed by atoms with van der Waals surface area (Å²) < 4.78 is 18.4. The van der Waals surface area contributed by atoms with Crippen LogP contribution in [-0.4, -0.2) is 34.4 Å². The van der Waals surface area contributed by atoms with Crippen LogP contribution in [0.4, 0.5) is 4.39 Å². The van der Waals surface area contributed by atoms with E-state index in [0.717, 1.165) is 12.5 Å². The summed E-state index contributed by atoms with van der Waals surface area (Å²) in [7, 11) is 0. The molecule has 0 amide bonds. The number of carboxylic acid groups (broad SMARTS) is 1. The summed E-state index contributed by atoms with van der Waals surface area (Å²) in [6.07, 6.45) is 0. The SMILES string of the molecule is Cc1cc(I)c(O)c(C(=O)OCC(C)(F)C(=O)O)c1. The van der Waals surface area contributed by atoms with Gasteiger partial charge in [-0.3, -0.25) is 0 Å². The molecule has 104 valence electrons. The number of esters is 1. The average Bonchev–Trinajstić information content (AvgIpc) is 2.30. The fraction of sp³-hybridized carbons (Fsp3) is 0.333. The molecule has 1 rings (SSSR count). The van der Waals surface area contributed by atoms with Gasteiger partial charge in [0.1, 0.15) is 17.9 Å². The van der Waals surface area contributed by atoms with Gasteiger partial charge in [-0.05, 0) is 54.1 Å². The highest BCUT2D eigenvalue weighted by atomic mass is 127. The number of benzene rings is 1. The number of carbonyl (C=O) groups excluding carboxylic acids is 1. The number of rotatable bonds is 4. The van der Waals surface area contributed by atoms with Crippen LogP contribution in [0, 0.1) is 10.5 Å². The Hall–Kier alpha value is -1.38. The summed E-state index contributed by atoms with van der Waals surface area (Å²) in [6, 6.07) is 3.04. The molecule has 0 saturated heterocycles. The Labute approximate surface area is 122 Å². The van der Waals surface area contributed by atoms with E-state index in [1.807, 2.05) is 22.6 Å². The topological polar surface area (TPSA) is 83.8 Å². The fourth-order valence-electron chi connectivity index (χ4n) is 1.23. The van der Waals surface area contributed by atoms with Crippen molar-refractivity contribution in [2.75, 3.05) is 6.61 Å². The van der Waals surface area contributed by atoms with E-state index >= 15 is 0 Å². The molecule has 1 aromatic rings. The van der Waals surface area contributed by atoms with Gasteiger partial charge in [0.25, 0.3) is 0 Å². The van der Waals surface area contributed by atoms with Crippen LogP contribution in [-0.2, 0) is 9.53 Å². The van der Waals surface area contributed by atoms with Crippen molar-refractivity contribution in [3.63, 3.8) is 0 Å². The summed E-state index contributed by atoms with van der Waals surface area (Å²) in [4.78, 5) is 22.2. The van der Waals surface area contributed by atoms with Crippen molar-refractivity contribution >= 4 is 34.5 Å². The molecule has 0 saturated carbocycles. The van der Waals surface area contributed by atoms with Crippen LogP contribution < -0.4 is 0 Å². The third-order valence-electron chi connectivity index (χ3n) is 2.35. The predicted molar refractivity (Wildman–Crippen MR) is 73.0 cm³/mol. The molecule has 0 aliphatic carbocycles. The summed E-state index contributed by atoms with van der Waals surface area (Å²) in [5, 5.41) is 18.3. The number of hydrogen-bond acceptors (Lipinski definition) is 4. The van der Waals surface area contributed by atoms with E-state index in [2.05, 4.69) is 4.74 Å². The van der Waals surface area contributed by atoms with Gasteiger partial charge in [0, 0.05) is 0 Å². The molecule has 0 aromatic heterocycles. The number of phenols is 1. The number of halogens is 2. The minimum absolute atomic E-state index is 0.120. The Balaban J connectivity index is 2.88. The lowest BCUT2D eigenvalue weighted by Gasteiger charge is -2.15. The van der Waals surface area contributed by atoms with Crippen LogP contribution in [0.15, 0.2) is 12.1 Å². The number of phenolic OH excluding ortho intramolecular Hbond substituents is 1. The quantitative estimate of drug-likeness (QED) is 0.617. The first-order valence-corrected chi connectivity index (χ1v) is 6.31.